The second-order valence-electron chi connectivity index (χ2n) is 6.56. The molecule has 5 nitrogen and oxygen atoms in total. The van der Waals surface area contributed by atoms with E-state index in [1.165, 1.54) is 30.3 Å². The Kier molecular flexibility index (Phi) is 7.06. The lowest BCUT2D eigenvalue weighted by molar-refractivity contribution is -0.117. The number of halogens is 3. The second kappa shape index (κ2) is 9.74. The maximum Gasteiger partial charge on any atom is 0.446 e. The van der Waals surface area contributed by atoms with E-state index < -0.39 is 11.6 Å². The first-order chi connectivity index (χ1) is 14.7. The number of aromatic nitrogens is 2. The van der Waals surface area contributed by atoms with Gasteiger partial charge in [0.2, 0.25) is 5.91 Å². The van der Waals surface area contributed by atoms with E-state index in [1.807, 2.05) is 23.7 Å². The summed E-state index contributed by atoms with van der Waals surface area (Å²) >= 11 is -0.179. The number of carbonyl (C=O) groups is 1. The van der Waals surface area contributed by atoms with Crippen LogP contribution in [-0.4, -0.2) is 28.1 Å². The van der Waals surface area contributed by atoms with Crippen LogP contribution in [0.2, 0.25) is 0 Å². The molecule has 0 spiro atoms. The summed E-state index contributed by atoms with van der Waals surface area (Å²) in [5.74, 6) is 0.985. The quantitative estimate of drug-likeness (QED) is 0.411. The van der Waals surface area contributed by atoms with Crippen molar-refractivity contribution in [2.24, 2.45) is 7.05 Å². The molecular formula is C22H20F3N3O2S. The molecule has 1 unspecified atom stereocenters. The number of imidazole rings is 1. The van der Waals surface area contributed by atoms with Crippen LogP contribution in [0.25, 0.3) is 6.08 Å². The maximum atomic E-state index is 12.6. The van der Waals surface area contributed by atoms with Crippen LogP contribution in [0.5, 0.6) is 5.75 Å². The number of carbonyl (C=O) groups excluding carboxylic acids is 1. The van der Waals surface area contributed by atoms with E-state index in [9.17, 15) is 18.0 Å². The largest absolute Gasteiger partial charge is 0.497 e. The van der Waals surface area contributed by atoms with Crippen molar-refractivity contribution in [1.29, 1.82) is 0 Å². The zero-order valence-electron chi connectivity index (χ0n) is 16.8. The van der Waals surface area contributed by atoms with Gasteiger partial charge in [-0.25, -0.2) is 4.98 Å². The third-order valence-electron chi connectivity index (χ3n) is 4.39. The number of benzene rings is 2. The van der Waals surface area contributed by atoms with Gasteiger partial charge in [0.1, 0.15) is 17.6 Å². The van der Waals surface area contributed by atoms with Gasteiger partial charge in [-0.2, -0.15) is 13.2 Å². The average molecular weight is 447 g/mol. The SMILES string of the molecule is COc1ccc(C(NC(=O)/C=C/c2ccc(SC(F)(F)F)cc2)c2nccn2C)cc1. The predicted octanol–water partition coefficient (Wildman–Crippen LogP) is 4.96. The first-order valence-electron chi connectivity index (χ1n) is 9.21. The van der Waals surface area contributed by atoms with E-state index in [2.05, 4.69) is 10.3 Å². The number of nitrogens with one attached hydrogen (secondary N) is 1. The molecule has 31 heavy (non-hydrogen) atoms. The van der Waals surface area contributed by atoms with Gasteiger partial charge in [-0.15, -0.1) is 0 Å². The number of alkyl halides is 3. The zero-order valence-corrected chi connectivity index (χ0v) is 17.6. The zero-order chi connectivity index (χ0) is 22.4. The summed E-state index contributed by atoms with van der Waals surface area (Å²) in [4.78, 5) is 17.0. The van der Waals surface area contributed by atoms with E-state index >= 15 is 0 Å². The van der Waals surface area contributed by atoms with E-state index in [0.29, 0.717) is 17.1 Å². The Balaban J connectivity index is 1.73. The van der Waals surface area contributed by atoms with Gasteiger partial charge in [0.05, 0.1) is 7.11 Å². The number of methoxy groups -OCH3 is 1. The minimum atomic E-state index is -4.33. The lowest BCUT2D eigenvalue weighted by atomic mass is 10.1. The Labute approximate surface area is 181 Å². The van der Waals surface area contributed by atoms with Crippen LogP contribution in [0.3, 0.4) is 0 Å². The van der Waals surface area contributed by atoms with E-state index in [0.717, 1.165) is 5.56 Å². The number of aryl methyl sites for hydroxylation is 1. The van der Waals surface area contributed by atoms with Crippen molar-refractivity contribution >= 4 is 23.7 Å². The molecule has 2 aromatic carbocycles. The Morgan fingerprint density at radius 1 is 1.16 bits per heavy atom. The first kappa shape index (κ1) is 22.5. The minimum absolute atomic E-state index is 0.0865. The third kappa shape index (κ3) is 6.39. The second-order valence-corrected chi connectivity index (χ2v) is 7.70. The van der Waals surface area contributed by atoms with Crippen molar-refractivity contribution in [1.82, 2.24) is 14.9 Å². The lowest BCUT2D eigenvalue weighted by Crippen LogP contribution is -2.29. The van der Waals surface area contributed by atoms with E-state index in [-0.39, 0.29) is 22.6 Å². The molecule has 1 heterocycles. The monoisotopic (exact) mass is 447 g/mol. The minimum Gasteiger partial charge on any atom is -0.497 e. The predicted molar refractivity (Wildman–Crippen MR) is 114 cm³/mol. The Morgan fingerprint density at radius 3 is 2.39 bits per heavy atom. The molecule has 0 fully saturated rings. The van der Waals surface area contributed by atoms with E-state index in [4.69, 9.17) is 4.74 Å². The number of nitrogens with zero attached hydrogens (tertiary/aromatic N) is 2. The van der Waals surface area contributed by atoms with Crippen LogP contribution in [0.15, 0.2) is 71.9 Å². The molecular weight excluding hydrogens is 427 g/mol. The van der Waals surface area contributed by atoms with Gasteiger partial charge in [-0.05, 0) is 53.2 Å². The highest BCUT2D eigenvalue weighted by Gasteiger charge is 2.29. The van der Waals surface area contributed by atoms with Gasteiger partial charge in [0.15, 0.2) is 0 Å². The summed E-state index contributed by atoms with van der Waals surface area (Å²) in [6, 6.07) is 12.6. The van der Waals surface area contributed by atoms with Crippen molar-refractivity contribution in [2.75, 3.05) is 7.11 Å². The Hall–Kier alpha value is -3.20. The summed E-state index contributed by atoms with van der Waals surface area (Å²) in [5.41, 5.74) is -2.90. The van der Waals surface area contributed by atoms with Crippen LogP contribution in [-0.2, 0) is 11.8 Å². The Bertz CT molecular complexity index is 1050. The standard InChI is InChI=1S/C22H20F3N3O2S/c1-28-14-13-26-21(28)20(16-6-8-17(30-2)9-7-16)27-19(29)12-5-15-3-10-18(11-4-15)31-22(23,24)25/h3-14,20H,1-2H3,(H,27,29)/b12-5+. The molecule has 9 heteroatoms. The molecule has 0 radical (unpaired) electrons. The van der Waals surface area contributed by atoms with Gasteiger partial charge < -0.3 is 14.6 Å². The highest BCUT2D eigenvalue weighted by atomic mass is 32.2. The van der Waals surface area contributed by atoms with Gasteiger partial charge in [0, 0.05) is 30.4 Å². The lowest BCUT2D eigenvalue weighted by Gasteiger charge is -2.18. The van der Waals surface area contributed by atoms with Crippen LogP contribution in [0.4, 0.5) is 13.2 Å². The van der Waals surface area contributed by atoms with E-state index in [1.54, 1.807) is 37.7 Å². The molecule has 3 aromatic rings. The number of thioether (sulfide) groups is 1. The first-order valence-corrected chi connectivity index (χ1v) is 10.0. The molecule has 0 aliphatic rings. The fraction of sp³-hybridized carbons (Fsp3) is 0.182. The summed E-state index contributed by atoms with van der Waals surface area (Å²) in [6.45, 7) is 0. The smallest absolute Gasteiger partial charge is 0.446 e. The molecule has 0 aliphatic carbocycles. The summed E-state index contributed by atoms with van der Waals surface area (Å²) in [5, 5.41) is 2.92. The van der Waals surface area contributed by atoms with Crippen molar-refractivity contribution in [3.63, 3.8) is 0 Å². The maximum absolute atomic E-state index is 12.6. The molecule has 1 atom stereocenters. The van der Waals surface area contributed by atoms with Gasteiger partial charge in [-0.3, -0.25) is 4.79 Å². The molecule has 1 amide bonds. The van der Waals surface area contributed by atoms with Gasteiger partial charge in [0.25, 0.3) is 0 Å². The van der Waals surface area contributed by atoms with Gasteiger partial charge >= 0.3 is 5.51 Å². The number of ether oxygens (including phenoxy) is 1. The summed E-state index contributed by atoms with van der Waals surface area (Å²) in [6.07, 6.45) is 6.31. The van der Waals surface area contributed by atoms with Crippen molar-refractivity contribution in [2.45, 2.75) is 16.4 Å². The number of rotatable bonds is 7. The highest BCUT2D eigenvalue weighted by Crippen LogP contribution is 2.36. The molecule has 3 rings (SSSR count). The summed E-state index contributed by atoms with van der Waals surface area (Å²) in [7, 11) is 3.41. The van der Waals surface area contributed by atoms with Crippen molar-refractivity contribution < 1.29 is 22.7 Å². The number of hydrogen-bond acceptors (Lipinski definition) is 4. The fourth-order valence-corrected chi connectivity index (χ4v) is 3.43. The fourth-order valence-electron chi connectivity index (χ4n) is 2.89. The van der Waals surface area contributed by atoms with Crippen molar-refractivity contribution in [3.05, 3.63) is 84.0 Å². The molecule has 0 bridgehead atoms. The van der Waals surface area contributed by atoms with Crippen LogP contribution < -0.4 is 10.1 Å². The Morgan fingerprint density at radius 2 is 1.84 bits per heavy atom. The van der Waals surface area contributed by atoms with Crippen LogP contribution in [0.1, 0.15) is 23.0 Å². The molecule has 0 aliphatic heterocycles. The topological polar surface area (TPSA) is 56.1 Å². The number of amides is 1. The molecule has 0 saturated carbocycles. The van der Waals surface area contributed by atoms with Crippen LogP contribution >= 0.6 is 11.8 Å². The average Bonchev–Trinajstić information content (AvgIpc) is 3.16. The molecule has 1 N–H and O–H groups in total. The third-order valence-corrected chi connectivity index (χ3v) is 5.13. The molecule has 162 valence electrons. The normalized spacial score (nSPS) is 12.7. The van der Waals surface area contributed by atoms with Gasteiger partial charge in [-0.1, -0.05) is 24.3 Å². The molecule has 0 saturated heterocycles. The highest BCUT2D eigenvalue weighted by molar-refractivity contribution is 8.00. The number of hydrogen-bond donors (Lipinski definition) is 1. The van der Waals surface area contributed by atoms with Crippen LogP contribution in [0, 0.1) is 0 Å². The molecule has 1 aromatic heterocycles. The van der Waals surface area contributed by atoms with Crippen molar-refractivity contribution in [3.8, 4) is 5.75 Å². The summed E-state index contributed by atoms with van der Waals surface area (Å²) < 4.78 is 44.3.